The molecule has 0 aliphatic carbocycles. The summed E-state index contributed by atoms with van der Waals surface area (Å²) in [5, 5.41) is 1.54. The van der Waals surface area contributed by atoms with Gasteiger partial charge < -0.3 is 0 Å². The molecule has 1 heterocycles. The summed E-state index contributed by atoms with van der Waals surface area (Å²) in [6.45, 7) is 4.00. The molecule has 0 unspecified atom stereocenters. The molecule has 26 heavy (non-hydrogen) atoms. The highest BCUT2D eigenvalue weighted by molar-refractivity contribution is 5.94. The Morgan fingerprint density at radius 3 is 2.38 bits per heavy atom. The minimum Gasteiger partial charge on any atom is -0.207 e. The molecule has 0 saturated carbocycles. The van der Waals surface area contributed by atoms with Gasteiger partial charge in [-0.05, 0) is 53.3 Å². The molecule has 128 valence electrons. The Kier molecular flexibility index (Phi) is 3.75. The number of hydrogen-bond donors (Lipinski definition) is 0. The van der Waals surface area contributed by atoms with Crippen LogP contribution in [0.25, 0.3) is 33.2 Å². The summed E-state index contributed by atoms with van der Waals surface area (Å²) >= 11 is 0. The first-order valence-corrected chi connectivity index (χ1v) is 8.72. The van der Waals surface area contributed by atoms with Crippen molar-refractivity contribution in [2.75, 3.05) is 0 Å². The summed E-state index contributed by atoms with van der Waals surface area (Å²) < 4.78 is 24.2. The van der Waals surface area contributed by atoms with Crippen molar-refractivity contribution in [3.05, 3.63) is 89.8 Å². The lowest BCUT2D eigenvalue weighted by Crippen LogP contribution is -2.35. The van der Waals surface area contributed by atoms with Gasteiger partial charge in [0.05, 0.1) is 6.76 Å². The van der Waals surface area contributed by atoms with Gasteiger partial charge in [-0.25, -0.2) is 4.39 Å². The van der Waals surface area contributed by atoms with Gasteiger partial charge in [0.15, 0.2) is 5.69 Å². The number of hydrogen-bond acceptors (Lipinski definition) is 0. The lowest BCUT2D eigenvalue weighted by molar-refractivity contribution is -0.665. The topological polar surface area (TPSA) is 3.88 Å². The third-order valence-electron chi connectivity index (χ3n) is 4.98. The number of rotatable bonds is 2. The zero-order chi connectivity index (χ0) is 19.1. The lowest BCUT2D eigenvalue weighted by Gasteiger charge is -2.11. The summed E-state index contributed by atoms with van der Waals surface area (Å²) in [7, 11) is 1.97. The molecule has 3 aromatic carbocycles. The van der Waals surface area contributed by atoms with Crippen molar-refractivity contribution in [3.8, 4) is 22.4 Å². The van der Waals surface area contributed by atoms with Crippen molar-refractivity contribution < 1.29 is 10.3 Å². The second-order valence-electron chi connectivity index (χ2n) is 6.70. The number of aromatic nitrogens is 1. The zero-order valence-corrected chi connectivity index (χ0v) is 15.2. The van der Waals surface area contributed by atoms with Crippen molar-refractivity contribution in [2.45, 2.75) is 13.8 Å². The minimum absolute atomic E-state index is 0.314. The highest BCUT2D eigenvalue weighted by atomic mass is 19.1. The van der Waals surface area contributed by atoms with Crippen LogP contribution >= 0.6 is 0 Å². The maximum atomic E-state index is 13.8. The largest absolute Gasteiger partial charge is 0.220 e. The summed E-state index contributed by atoms with van der Waals surface area (Å²) in [6.07, 6.45) is 0. The Morgan fingerprint density at radius 1 is 0.885 bits per heavy atom. The van der Waals surface area contributed by atoms with Crippen LogP contribution in [-0.2, 0) is 7.05 Å². The summed E-state index contributed by atoms with van der Waals surface area (Å²) in [6, 6.07) is 21.8. The minimum atomic E-state index is -0.314. The number of nitrogens with zero attached hydrogens (tertiary/aromatic N) is 1. The quantitative estimate of drug-likeness (QED) is 0.408. The first-order chi connectivity index (χ1) is 13.0. The fourth-order valence-corrected chi connectivity index (χ4v) is 3.52. The standard InChI is InChI=1S/C24H21FN/c1-16-13-19(18-7-5-4-6-8-18)9-11-22(16)24-23-12-10-21(25)15-20(23)14-17(2)26(24)3/h4-15H,1-3H3/q+1/i14D. The van der Waals surface area contributed by atoms with Gasteiger partial charge in [-0.3, -0.25) is 0 Å². The number of halogens is 1. The van der Waals surface area contributed by atoms with E-state index in [-0.39, 0.29) is 5.82 Å². The predicted molar refractivity (Wildman–Crippen MR) is 105 cm³/mol. The number of fused-ring (bicyclic) bond motifs is 1. The number of aryl methyl sites for hydroxylation is 1. The van der Waals surface area contributed by atoms with Gasteiger partial charge in [0.1, 0.15) is 12.9 Å². The number of benzene rings is 3. The van der Waals surface area contributed by atoms with Crippen molar-refractivity contribution >= 4 is 10.8 Å². The van der Waals surface area contributed by atoms with Gasteiger partial charge in [0.25, 0.3) is 0 Å². The van der Waals surface area contributed by atoms with Crippen LogP contribution in [-0.4, -0.2) is 0 Å². The first-order valence-electron chi connectivity index (χ1n) is 9.22. The average Bonchev–Trinajstić information content (AvgIpc) is 2.68. The molecule has 1 nitrogen and oxygen atoms in total. The molecule has 0 aliphatic rings. The first kappa shape index (κ1) is 15.3. The second kappa shape index (κ2) is 6.38. The van der Waals surface area contributed by atoms with E-state index in [9.17, 15) is 4.39 Å². The van der Waals surface area contributed by atoms with Crippen LogP contribution in [0, 0.1) is 19.7 Å². The fourth-order valence-electron chi connectivity index (χ4n) is 3.52. The van der Waals surface area contributed by atoms with E-state index in [1.165, 1.54) is 23.3 Å². The third kappa shape index (κ3) is 2.78. The summed E-state index contributed by atoms with van der Waals surface area (Å²) in [5.41, 5.74) is 6.42. The van der Waals surface area contributed by atoms with Crippen molar-refractivity contribution in [2.24, 2.45) is 7.05 Å². The van der Waals surface area contributed by atoms with E-state index in [1.54, 1.807) is 6.07 Å². The molecule has 0 aliphatic heterocycles. The lowest BCUT2D eigenvalue weighted by atomic mass is 9.95. The highest BCUT2D eigenvalue weighted by Crippen LogP contribution is 2.31. The SMILES string of the molecule is [2H]c1c(C)[n+](C)c(-c2ccc(-c3ccccc3)cc2C)c2ccc(F)cc12. The van der Waals surface area contributed by atoms with Crippen LogP contribution in [0.15, 0.2) is 72.8 Å². The van der Waals surface area contributed by atoms with Gasteiger partial charge in [-0.2, -0.15) is 4.57 Å². The Morgan fingerprint density at radius 2 is 1.65 bits per heavy atom. The van der Waals surface area contributed by atoms with E-state index in [2.05, 4.69) is 37.3 Å². The van der Waals surface area contributed by atoms with Crippen molar-refractivity contribution in [3.63, 3.8) is 0 Å². The molecule has 0 atom stereocenters. The summed E-state index contributed by atoms with van der Waals surface area (Å²) in [4.78, 5) is 0. The molecular formula is C24H21FN+. The molecule has 0 N–H and O–H groups in total. The second-order valence-corrected chi connectivity index (χ2v) is 6.70. The molecule has 0 bridgehead atoms. The van der Waals surface area contributed by atoms with E-state index >= 15 is 0 Å². The maximum Gasteiger partial charge on any atom is 0.220 e. The molecular weight excluding hydrogens is 321 g/mol. The van der Waals surface area contributed by atoms with Gasteiger partial charge in [-0.1, -0.05) is 42.5 Å². The van der Waals surface area contributed by atoms with Gasteiger partial charge in [0, 0.05) is 18.5 Å². The van der Waals surface area contributed by atoms with E-state index < -0.39 is 0 Å². The molecule has 0 saturated heterocycles. The highest BCUT2D eigenvalue weighted by Gasteiger charge is 2.20. The number of pyridine rings is 1. The van der Waals surface area contributed by atoms with Gasteiger partial charge >= 0.3 is 0 Å². The smallest absolute Gasteiger partial charge is 0.207 e. The van der Waals surface area contributed by atoms with Crippen LogP contribution in [0.3, 0.4) is 0 Å². The van der Waals surface area contributed by atoms with Gasteiger partial charge in [-0.15, -0.1) is 0 Å². The van der Waals surface area contributed by atoms with E-state index in [4.69, 9.17) is 1.37 Å². The fraction of sp³-hybridized carbons (Fsp3) is 0.125. The Balaban J connectivity index is 1.98. The van der Waals surface area contributed by atoms with E-state index in [0.717, 1.165) is 27.9 Å². The predicted octanol–water partition coefficient (Wildman–Crippen LogP) is 5.75. The van der Waals surface area contributed by atoms with Crippen LogP contribution in [0.2, 0.25) is 0 Å². The van der Waals surface area contributed by atoms with Crippen LogP contribution in [0.1, 0.15) is 12.6 Å². The molecule has 0 radical (unpaired) electrons. The van der Waals surface area contributed by atoms with Gasteiger partial charge in [0.2, 0.25) is 5.69 Å². The third-order valence-corrected chi connectivity index (χ3v) is 4.98. The molecule has 0 spiro atoms. The zero-order valence-electron chi connectivity index (χ0n) is 16.2. The van der Waals surface area contributed by atoms with E-state index in [1.807, 2.05) is 36.7 Å². The molecule has 4 rings (SSSR count). The van der Waals surface area contributed by atoms with Crippen LogP contribution in [0.4, 0.5) is 4.39 Å². The summed E-state index contributed by atoms with van der Waals surface area (Å²) in [5.74, 6) is -0.314. The molecule has 1 aromatic heterocycles. The van der Waals surface area contributed by atoms with Crippen molar-refractivity contribution in [1.29, 1.82) is 0 Å². The molecule has 0 amide bonds. The molecule has 0 fully saturated rings. The Labute approximate surface area is 154 Å². The van der Waals surface area contributed by atoms with Crippen LogP contribution in [0.5, 0.6) is 0 Å². The monoisotopic (exact) mass is 343 g/mol. The Hall–Kier alpha value is -3.00. The molecule has 2 heteroatoms. The Bertz CT molecular complexity index is 1170. The van der Waals surface area contributed by atoms with Crippen LogP contribution < -0.4 is 4.57 Å². The normalized spacial score (nSPS) is 11.6. The van der Waals surface area contributed by atoms with E-state index in [0.29, 0.717) is 11.4 Å². The average molecular weight is 343 g/mol. The van der Waals surface area contributed by atoms with Crippen molar-refractivity contribution in [1.82, 2.24) is 0 Å². The maximum absolute atomic E-state index is 13.8. The molecule has 4 aromatic rings.